The van der Waals surface area contributed by atoms with Crippen molar-refractivity contribution < 1.29 is 4.74 Å². The van der Waals surface area contributed by atoms with Crippen molar-refractivity contribution in [3.05, 3.63) is 0 Å². The highest BCUT2D eigenvalue weighted by Crippen LogP contribution is 2.27. The lowest BCUT2D eigenvalue weighted by Crippen LogP contribution is -2.03. The van der Waals surface area contributed by atoms with Crippen molar-refractivity contribution in [2.24, 2.45) is 10.9 Å². The van der Waals surface area contributed by atoms with Crippen molar-refractivity contribution in [1.29, 1.82) is 0 Å². The molecule has 1 saturated heterocycles. The van der Waals surface area contributed by atoms with Gasteiger partial charge in [0.05, 0.1) is 6.10 Å². The summed E-state index contributed by atoms with van der Waals surface area (Å²) in [5.41, 5.74) is 0. The minimum absolute atomic E-state index is 0.321. The van der Waals surface area contributed by atoms with E-state index in [4.69, 9.17) is 4.74 Å². The van der Waals surface area contributed by atoms with Gasteiger partial charge in [-0.3, -0.25) is 4.99 Å². The topological polar surface area (TPSA) is 24.9 Å². The summed E-state index contributed by atoms with van der Waals surface area (Å²) in [4.78, 5) is 4.23. The number of hydrogen-bond acceptors (Lipinski definition) is 2. The van der Waals surface area contributed by atoms with E-state index in [0.717, 1.165) is 13.0 Å². The molecule has 1 aliphatic rings. The molecule has 1 fully saturated rings. The number of nitrogens with zero attached hydrogens (tertiary/aromatic N) is 1. The predicted molar refractivity (Wildman–Crippen MR) is 47.1 cm³/mol. The van der Waals surface area contributed by atoms with Crippen LogP contribution in [0, 0.1) is 5.92 Å². The van der Waals surface area contributed by atoms with Gasteiger partial charge in [-0.15, -0.1) is 0 Å². The summed E-state index contributed by atoms with van der Waals surface area (Å²) in [5.74, 6) is 0.632. The molecule has 64 valence electrons. The molecule has 0 radical (unpaired) electrons. The molecular weight excluding hydrogens is 138 g/mol. The first kappa shape index (κ1) is 8.72. The quantitative estimate of drug-likeness (QED) is 0.449. The SMILES string of the molecule is CCCN=C[C@@H]1O[C@@H]1C(C)C. The maximum atomic E-state index is 5.38. The second-order valence-electron chi connectivity index (χ2n) is 3.36. The standard InChI is InChI=1S/C9H17NO/c1-4-5-10-6-8-9(11-8)7(2)3/h6-9H,4-5H2,1-3H3/t8-,9+/m0/s1. The molecule has 0 N–H and O–H groups in total. The van der Waals surface area contributed by atoms with Crippen LogP contribution in [0.4, 0.5) is 0 Å². The Morgan fingerprint density at radius 3 is 2.73 bits per heavy atom. The van der Waals surface area contributed by atoms with Crippen molar-refractivity contribution in [3.63, 3.8) is 0 Å². The fourth-order valence-corrected chi connectivity index (χ4v) is 1.10. The van der Waals surface area contributed by atoms with E-state index in [1.54, 1.807) is 0 Å². The van der Waals surface area contributed by atoms with Gasteiger partial charge in [0.2, 0.25) is 0 Å². The zero-order chi connectivity index (χ0) is 8.27. The number of epoxide rings is 1. The van der Waals surface area contributed by atoms with Gasteiger partial charge in [0, 0.05) is 12.8 Å². The zero-order valence-corrected chi connectivity index (χ0v) is 7.58. The normalized spacial score (nSPS) is 30.2. The second-order valence-corrected chi connectivity index (χ2v) is 3.36. The largest absolute Gasteiger partial charge is 0.363 e. The summed E-state index contributed by atoms with van der Waals surface area (Å²) < 4.78 is 5.38. The first-order valence-electron chi connectivity index (χ1n) is 4.41. The van der Waals surface area contributed by atoms with Crippen molar-refractivity contribution in [2.75, 3.05) is 6.54 Å². The van der Waals surface area contributed by atoms with E-state index in [2.05, 4.69) is 25.8 Å². The lowest BCUT2D eigenvalue weighted by Gasteiger charge is -1.93. The monoisotopic (exact) mass is 155 g/mol. The number of hydrogen-bond donors (Lipinski definition) is 0. The van der Waals surface area contributed by atoms with E-state index in [-0.39, 0.29) is 0 Å². The summed E-state index contributed by atoms with van der Waals surface area (Å²) in [6, 6.07) is 0. The number of ether oxygens (including phenoxy) is 1. The fraction of sp³-hybridized carbons (Fsp3) is 0.889. The summed E-state index contributed by atoms with van der Waals surface area (Å²) in [5, 5.41) is 0. The molecule has 0 saturated carbocycles. The van der Waals surface area contributed by atoms with Gasteiger partial charge in [-0.2, -0.15) is 0 Å². The molecule has 0 aliphatic carbocycles. The molecule has 0 aromatic rings. The average Bonchev–Trinajstić information content (AvgIpc) is 2.68. The minimum Gasteiger partial charge on any atom is -0.363 e. The molecule has 0 aromatic carbocycles. The van der Waals surface area contributed by atoms with Crippen LogP contribution in [0.1, 0.15) is 27.2 Å². The average molecular weight is 155 g/mol. The molecule has 0 amide bonds. The Labute approximate surface area is 68.7 Å². The van der Waals surface area contributed by atoms with Gasteiger partial charge in [-0.25, -0.2) is 0 Å². The van der Waals surface area contributed by atoms with Crippen LogP contribution in [-0.2, 0) is 4.74 Å². The van der Waals surface area contributed by atoms with Crippen LogP contribution in [-0.4, -0.2) is 25.0 Å². The highest BCUT2D eigenvalue weighted by Gasteiger charge is 2.39. The van der Waals surface area contributed by atoms with Gasteiger partial charge >= 0.3 is 0 Å². The lowest BCUT2D eigenvalue weighted by molar-refractivity contribution is 0.349. The van der Waals surface area contributed by atoms with Crippen LogP contribution in [0.2, 0.25) is 0 Å². The number of aliphatic imine (C=N–C) groups is 1. The van der Waals surface area contributed by atoms with E-state index in [9.17, 15) is 0 Å². The van der Waals surface area contributed by atoms with Crippen LogP contribution in [0.3, 0.4) is 0 Å². The molecular formula is C9H17NO. The van der Waals surface area contributed by atoms with Crippen LogP contribution in [0.25, 0.3) is 0 Å². The predicted octanol–water partition coefficient (Wildman–Crippen LogP) is 1.89. The molecule has 2 heteroatoms. The van der Waals surface area contributed by atoms with Gasteiger partial charge in [-0.05, 0) is 12.3 Å². The molecule has 2 atom stereocenters. The Hall–Kier alpha value is -0.370. The van der Waals surface area contributed by atoms with Crippen LogP contribution < -0.4 is 0 Å². The molecule has 0 unspecified atom stereocenters. The lowest BCUT2D eigenvalue weighted by atomic mass is 10.1. The van der Waals surface area contributed by atoms with Crippen LogP contribution in [0.5, 0.6) is 0 Å². The van der Waals surface area contributed by atoms with Gasteiger partial charge in [0.1, 0.15) is 6.10 Å². The van der Waals surface area contributed by atoms with Gasteiger partial charge in [-0.1, -0.05) is 20.8 Å². The van der Waals surface area contributed by atoms with Crippen molar-refractivity contribution in [2.45, 2.75) is 39.4 Å². The summed E-state index contributed by atoms with van der Waals surface area (Å²) in [6.45, 7) is 7.42. The van der Waals surface area contributed by atoms with Gasteiger partial charge in [0.15, 0.2) is 0 Å². The molecule has 11 heavy (non-hydrogen) atoms. The maximum absolute atomic E-state index is 5.38. The van der Waals surface area contributed by atoms with Gasteiger partial charge < -0.3 is 4.74 Å². The molecule has 1 rings (SSSR count). The second kappa shape index (κ2) is 3.86. The summed E-state index contributed by atoms with van der Waals surface area (Å²) in [7, 11) is 0. The van der Waals surface area contributed by atoms with Crippen LogP contribution in [0.15, 0.2) is 4.99 Å². The molecule has 1 aliphatic heterocycles. The first-order valence-corrected chi connectivity index (χ1v) is 4.41. The van der Waals surface area contributed by atoms with E-state index in [1.165, 1.54) is 0 Å². The van der Waals surface area contributed by atoms with Crippen molar-refractivity contribution in [1.82, 2.24) is 0 Å². The summed E-state index contributed by atoms with van der Waals surface area (Å²) >= 11 is 0. The van der Waals surface area contributed by atoms with E-state index >= 15 is 0 Å². The molecule has 0 bridgehead atoms. The number of rotatable bonds is 4. The third-order valence-electron chi connectivity index (χ3n) is 1.82. The van der Waals surface area contributed by atoms with Crippen molar-refractivity contribution >= 4 is 6.21 Å². The Kier molecular flexibility index (Phi) is 3.06. The highest BCUT2D eigenvalue weighted by molar-refractivity contribution is 5.67. The van der Waals surface area contributed by atoms with E-state index in [1.807, 2.05) is 6.21 Å². The highest BCUT2D eigenvalue weighted by atomic mass is 16.6. The third kappa shape index (κ3) is 2.62. The van der Waals surface area contributed by atoms with Crippen molar-refractivity contribution in [3.8, 4) is 0 Å². The smallest absolute Gasteiger partial charge is 0.119 e. The Morgan fingerprint density at radius 2 is 2.27 bits per heavy atom. The molecule has 2 nitrogen and oxygen atoms in total. The van der Waals surface area contributed by atoms with E-state index in [0.29, 0.717) is 18.1 Å². The fourth-order valence-electron chi connectivity index (χ4n) is 1.10. The third-order valence-corrected chi connectivity index (χ3v) is 1.82. The Balaban J connectivity index is 2.12. The molecule has 1 heterocycles. The van der Waals surface area contributed by atoms with E-state index < -0.39 is 0 Å². The zero-order valence-electron chi connectivity index (χ0n) is 7.58. The summed E-state index contributed by atoms with van der Waals surface area (Å²) in [6.07, 6.45) is 3.83. The molecule has 0 aromatic heterocycles. The Morgan fingerprint density at radius 1 is 1.55 bits per heavy atom. The first-order chi connectivity index (χ1) is 5.25. The molecule has 0 spiro atoms. The minimum atomic E-state index is 0.321. The van der Waals surface area contributed by atoms with Crippen LogP contribution >= 0.6 is 0 Å². The maximum Gasteiger partial charge on any atom is 0.119 e. The van der Waals surface area contributed by atoms with Gasteiger partial charge in [0.25, 0.3) is 0 Å². The Bertz CT molecular complexity index is 142.